The molecule has 0 aliphatic carbocycles. The third kappa shape index (κ3) is 9.09. The van der Waals surface area contributed by atoms with Gasteiger partial charge in [-0.15, -0.1) is 0 Å². The zero-order valence-electron chi connectivity index (χ0n) is 1.54. The van der Waals surface area contributed by atoms with Gasteiger partial charge in [0.25, 0.3) is 0 Å². The van der Waals surface area contributed by atoms with Crippen LogP contribution in [0.25, 0.3) is 0 Å². The van der Waals surface area contributed by atoms with Gasteiger partial charge >= 0.3 is 0 Å². The van der Waals surface area contributed by atoms with Gasteiger partial charge in [-0.3, -0.25) is 0 Å². The van der Waals surface area contributed by atoms with Gasteiger partial charge < -0.3 is 0 Å². The average Bonchev–Trinajstić information content (AvgIpc) is 0. The molecule has 0 unspecified atom stereocenters. The molecule has 0 amide bonds. The van der Waals surface area contributed by atoms with Crippen LogP contribution in [0.4, 0.5) is 0 Å². The molecule has 0 saturated carbocycles. The maximum absolute atomic E-state index is 0. The molecule has 0 rings (SSSR count). The van der Waals surface area contributed by atoms with E-state index >= 15 is 0 Å². The van der Waals surface area contributed by atoms with Crippen molar-refractivity contribution in [3.05, 3.63) is 0 Å². The van der Waals surface area contributed by atoms with Crippen LogP contribution < -0.4 is 0 Å². The summed E-state index contributed by atoms with van der Waals surface area (Å²) in [6.07, 6.45) is 0. The van der Waals surface area contributed by atoms with E-state index in [0.717, 1.165) is 0 Å². The maximum Gasteiger partial charge on any atom is 0 e. The Labute approximate surface area is 65.6 Å². The van der Waals surface area contributed by atoms with Crippen LogP contribution in [0.3, 0.4) is 0 Å². The fourth-order valence-electron chi connectivity index (χ4n) is 0. The molecule has 0 N–H and O–H groups in total. The van der Waals surface area contributed by atoms with E-state index in [1.807, 2.05) is 0 Å². The fraction of sp³-hybridized carbons (Fsp3) is 0. The summed E-state index contributed by atoms with van der Waals surface area (Å²) in [5, 5.41) is 0. The van der Waals surface area contributed by atoms with Gasteiger partial charge in [-0.2, -0.15) is 0 Å². The Bertz CT molecular complexity index is 6.00. The molecule has 0 aliphatic heterocycles. The predicted molar refractivity (Wildman–Crippen MR) is 5.75 cm³/mol. The van der Waals surface area contributed by atoms with Crippen molar-refractivity contribution in [3.63, 3.8) is 0 Å². The molecule has 4 heteroatoms. The van der Waals surface area contributed by atoms with Gasteiger partial charge in [-0.05, 0) is 0 Å². The van der Waals surface area contributed by atoms with Crippen molar-refractivity contribution in [2.45, 2.75) is 0 Å². The Hall–Kier alpha value is 1.90. The number of hydrogen-bond donors (Lipinski definition) is 0. The molecule has 0 saturated heterocycles. The predicted octanol–water partition coefficient (Wildman–Crippen LogP) is -0.388. The van der Waals surface area contributed by atoms with Gasteiger partial charge in [0.05, 0.1) is 0 Å². The van der Waals surface area contributed by atoms with Crippen LogP contribution in [0.15, 0.2) is 0 Å². The van der Waals surface area contributed by atoms with Crippen LogP contribution in [0.1, 0.15) is 0 Å². The Kier molecular flexibility index (Phi) is 203. The topological polar surface area (TPSA) is 0 Å². The van der Waals surface area contributed by atoms with Gasteiger partial charge in [0.15, 0.2) is 0 Å². The van der Waals surface area contributed by atoms with Gasteiger partial charge in [0.1, 0.15) is 0 Å². The molecular formula is BCoPd2. The summed E-state index contributed by atoms with van der Waals surface area (Å²) in [5.41, 5.74) is 0. The molecule has 0 aromatic heterocycles. The third-order valence-corrected chi connectivity index (χ3v) is 0. The van der Waals surface area contributed by atoms with E-state index < -0.39 is 0 Å². The van der Waals surface area contributed by atoms with E-state index in [9.17, 15) is 0 Å². The third-order valence-electron chi connectivity index (χ3n) is 0. The summed E-state index contributed by atoms with van der Waals surface area (Å²) < 4.78 is 0. The Morgan fingerprint density at radius 1 is 0.750 bits per heavy atom. The molecule has 0 aliphatic rings. The van der Waals surface area contributed by atoms with Crippen molar-refractivity contribution in [3.8, 4) is 0 Å². The van der Waals surface area contributed by atoms with E-state index in [4.69, 9.17) is 0 Å². The molecule has 4 heavy (non-hydrogen) atoms. The van der Waals surface area contributed by atoms with Gasteiger partial charge in [0.2, 0.25) is 0 Å². The van der Waals surface area contributed by atoms with Crippen molar-refractivity contribution in [1.29, 1.82) is 0 Å². The quantitative estimate of drug-likeness (QED) is 0.531. The summed E-state index contributed by atoms with van der Waals surface area (Å²) in [4.78, 5) is 0. The van der Waals surface area contributed by atoms with Crippen LogP contribution >= 0.6 is 0 Å². The summed E-state index contributed by atoms with van der Waals surface area (Å²) in [6.45, 7) is 0. The molecule has 32 valence electrons. The van der Waals surface area contributed by atoms with E-state index in [0.29, 0.717) is 0 Å². The van der Waals surface area contributed by atoms with Crippen LogP contribution in [0.2, 0.25) is 0 Å². The first-order valence-corrected chi connectivity index (χ1v) is 0. The standard InChI is InChI=1S/B.Co.2Pd. The molecule has 0 fully saturated rings. The first-order valence-electron chi connectivity index (χ1n) is 0. The average molecular weight is 283 g/mol. The summed E-state index contributed by atoms with van der Waals surface area (Å²) in [6, 6.07) is 0. The molecule has 0 heterocycles. The minimum Gasteiger partial charge on any atom is 0 e. The zero-order valence-corrected chi connectivity index (χ0v) is 5.69. The van der Waals surface area contributed by atoms with Crippen LogP contribution in [-0.2, 0) is 57.6 Å². The zero-order chi connectivity index (χ0) is 0. The number of rotatable bonds is 0. The molecule has 0 bridgehead atoms. The van der Waals surface area contributed by atoms with Crippen LogP contribution in [0, 0.1) is 0 Å². The first-order chi connectivity index (χ1) is 0. The van der Waals surface area contributed by atoms with E-state index in [1.54, 1.807) is 0 Å². The summed E-state index contributed by atoms with van der Waals surface area (Å²) in [7, 11) is 0. The second-order valence-corrected chi connectivity index (χ2v) is 0. The van der Waals surface area contributed by atoms with E-state index in [1.165, 1.54) is 0 Å². The van der Waals surface area contributed by atoms with E-state index in [2.05, 4.69) is 0 Å². The van der Waals surface area contributed by atoms with Crippen molar-refractivity contribution in [1.82, 2.24) is 0 Å². The van der Waals surface area contributed by atoms with Crippen molar-refractivity contribution < 1.29 is 57.6 Å². The molecule has 0 aromatic rings. The monoisotopic (exact) mass is 282 g/mol. The van der Waals surface area contributed by atoms with Crippen molar-refractivity contribution in [2.75, 3.05) is 0 Å². The van der Waals surface area contributed by atoms with Crippen LogP contribution in [0.5, 0.6) is 0 Å². The second kappa shape index (κ2) is 20.7. The Balaban J connectivity index is 0. The fourth-order valence-corrected chi connectivity index (χ4v) is 0. The molecule has 0 spiro atoms. The van der Waals surface area contributed by atoms with Gasteiger partial charge in [0, 0.05) is 66.0 Å². The Morgan fingerprint density at radius 2 is 0.750 bits per heavy atom. The Morgan fingerprint density at radius 3 is 0.750 bits per heavy atom. The second-order valence-electron chi connectivity index (χ2n) is 0. The van der Waals surface area contributed by atoms with Crippen molar-refractivity contribution in [2.24, 2.45) is 0 Å². The van der Waals surface area contributed by atoms with Crippen molar-refractivity contribution >= 4 is 8.41 Å². The van der Waals surface area contributed by atoms with Crippen LogP contribution in [-0.4, -0.2) is 8.41 Å². The van der Waals surface area contributed by atoms with Gasteiger partial charge in [-0.1, -0.05) is 0 Å². The minimum absolute atomic E-state index is 0. The number of hydrogen-bond acceptors (Lipinski definition) is 0. The molecule has 0 aromatic carbocycles. The molecular weight excluding hydrogens is 283 g/mol. The SMILES string of the molecule is [B].[Co].[Pd].[Pd]. The normalized spacial score (nSPS) is 0. The first kappa shape index (κ1) is 39.3. The van der Waals surface area contributed by atoms with E-state index in [-0.39, 0.29) is 66.0 Å². The summed E-state index contributed by atoms with van der Waals surface area (Å²) in [5.74, 6) is 0. The smallest absolute Gasteiger partial charge is 0 e. The maximum atomic E-state index is 0. The summed E-state index contributed by atoms with van der Waals surface area (Å²) >= 11 is 0. The largest absolute Gasteiger partial charge is 0 e. The molecule has 0 nitrogen and oxygen atoms in total. The molecule has 0 atom stereocenters. The van der Waals surface area contributed by atoms with Gasteiger partial charge in [-0.25, -0.2) is 0 Å². The minimum atomic E-state index is 0. The molecule has 4 radical (unpaired) electrons.